The first-order chi connectivity index (χ1) is 11.5. The molecule has 0 fully saturated rings. The highest BCUT2D eigenvalue weighted by molar-refractivity contribution is 6.03. The van der Waals surface area contributed by atoms with Crippen LogP contribution in [0.15, 0.2) is 24.3 Å². The molecule has 2 rings (SSSR count). The van der Waals surface area contributed by atoms with Gasteiger partial charge >= 0.3 is 0 Å². The Bertz CT molecular complexity index is 755. The second-order valence-corrected chi connectivity index (χ2v) is 5.00. The van der Waals surface area contributed by atoms with E-state index in [2.05, 4.69) is 15.7 Å². The molecule has 1 heterocycles. The van der Waals surface area contributed by atoms with Crippen molar-refractivity contribution >= 4 is 17.5 Å². The molecule has 2 amide bonds. The van der Waals surface area contributed by atoms with E-state index in [9.17, 15) is 9.59 Å². The number of amides is 2. The Kier molecular flexibility index (Phi) is 5.41. The minimum atomic E-state index is -0.401. The van der Waals surface area contributed by atoms with Crippen LogP contribution >= 0.6 is 0 Å². The third-order valence-electron chi connectivity index (χ3n) is 3.36. The number of carbonyl (C=O) groups excluding carboxylic acids is 2. The van der Waals surface area contributed by atoms with Crippen molar-refractivity contribution in [2.24, 2.45) is 7.05 Å². The Hall–Kier alpha value is -3.03. The summed E-state index contributed by atoms with van der Waals surface area (Å²) in [6.45, 7) is 1.49. The van der Waals surface area contributed by atoms with Crippen LogP contribution in [-0.2, 0) is 11.8 Å². The molecule has 0 bridgehead atoms. The third-order valence-corrected chi connectivity index (χ3v) is 3.36. The van der Waals surface area contributed by atoms with Gasteiger partial charge in [-0.1, -0.05) is 12.1 Å². The maximum absolute atomic E-state index is 12.2. The monoisotopic (exact) mass is 332 g/mol. The summed E-state index contributed by atoms with van der Waals surface area (Å²) in [5.41, 5.74) is 1.19. The molecule has 0 atom stereocenters. The number of methoxy groups -OCH3 is 1. The Balaban J connectivity index is 2.09. The van der Waals surface area contributed by atoms with Crippen LogP contribution in [0.5, 0.6) is 11.5 Å². The van der Waals surface area contributed by atoms with Gasteiger partial charge in [0.2, 0.25) is 0 Å². The highest BCUT2D eigenvalue weighted by Crippen LogP contribution is 2.26. The van der Waals surface area contributed by atoms with E-state index < -0.39 is 5.91 Å². The fourth-order valence-electron chi connectivity index (χ4n) is 2.24. The van der Waals surface area contributed by atoms with Crippen LogP contribution in [0.4, 0.5) is 5.69 Å². The van der Waals surface area contributed by atoms with Gasteiger partial charge < -0.3 is 20.1 Å². The lowest BCUT2D eigenvalue weighted by atomic mass is 10.2. The maximum atomic E-state index is 12.2. The van der Waals surface area contributed by atoms with Crippen LogP contribution in [-0.4, -0.2) is 42.4 Å². The van der Waals surface area contributed by atoms with Gasteiger partial charge in [0.05, 0.1) is 18.5 Å². The van der Waals surface area contributed by atoms with Crippen molar-refractivity contribution in [2.45, 2.75) is 6.92 Å². The number of hydrogen-bond donors (Lipinski definition) is 2. The van der Waals surface area contributed by atoms with Gasteiger partial charge in [-0.25, -0.2) is 0 Å². The molecule has 0 aliphatic carbocycles. The molecule has 2 aromatic rings. The topological polar surface area (TPSA) is 94.5 Å². The van der Waals surface area contributed by atoms with Crippen LogP contribution in [0.1, 0.15) is 16.2 Å². The molecule has 0 radical (unpaired) electrons. The summed E-state index contributed by atoms with van der Waals surface area (Å²) in [6.07, 6.45) is 0. The fourth-order valence-corrected chi connectivity index (χ4v) is 2.24. The van der Waals surface area contributed by atoms with Crippen molar-refractivity contribution in [1.82, 2.24) is 15.1 Å². The summed E-state index contributed by atoms with van der Waals surface area (Å²) in [6, 6.07) is 7.03. The Morgan fingerprint density at radius 2 is 1.92 bits per heavy atom. The van der Waals surface area contributed by atoms with E-state index in [0.717, 1.165) is 0 Å². The Morgan fingerprint density at radius 3 is 2.54 bits per heavy atom. The van der Waals surface area contributed by atoms with E-state index in [1.165, 1.54) is 18.8 Å². The van der Waals surface area contributed by atoms with Gasteiger partial charge in [-0.05, 0) is 19.1 Å². The van der Waals surface area contributed by atoms with Crippen molar-refractivity contribution in [3.63, 3.8) is 0 Å². The second kappa shape index (κ2) is 7.49. The summed E-state index contributed by atoms with van der Waals surface area (Å²) < 4.78 is 12.1. The van der Waals surface area contributed by atoms with Crippen LogP contribution in [0.2, 0.25) is 0 Å². The number of aryl methyl sites for hydroxylation is 2. The average Bonchev–Trinajstić information content (AvgIpc) is 2.86. The summed E-state index contributed by atoms with van der Waals surface area (Å²) in [5.74, 6) is 0.264. The number of nitrogens with one attached hydrogen (secondary N) is 2. The minimum Gasteiger partial charge on any atom is -0.493 e. The Morgan fingerprint density at radius 1 is 1.25 bits per heavy atom. The fraction of sp³-hybridized carbons (Fsp3) is 0.312. The van der Waals surface area contributed by atoms with E-state index in [1.54, 1.807) is 38.2 Å². The van der Waals surface area contributed by atoms with Gasteiger partial charge in [-0.15, -0.1) is 0 Å². The average molecular weight is 332 g/mol. The number of carbonyl (C=O) groups is 2. The van der Waals surface area contributed by atoms with Gasteiger partial charge in [0.25, 0.3) is 11.8 Å². The van der Waals surface area contributed by atoms with Crippen LogP contribution in [0.25, 0.3) is 0 Å². The lowest BCUT2D eigenvalue weighted by Gasteiger charge is -2.11. The van der Waals surface area contributed by atoms with Crippen LogP contribution in [0.3, 0.4) is 0 Å². The van der Waals surface area contributed by atoms with E-state index in [-0.39, 0.29) is 18.2 Å². The first-order valence-corrected chi connectivity index (χ1v) is 7.29. The molecule has 1 aromatic heterocycles. The standard InChI is InChI=1S/C16H20N4O4/c1-10-14(15(16(22)17-2)20(3)19-10)18-13(21)9-24-12-8-6-5-7-11(12)23-4/h5-8H,9H2,1-4H3,(H,17,22)(H,18,21). The first-order valence-electron chi connectivity index (χ1n) is 7.29. The summed E-state index contributed by atoms with van der Waals surface area (Å²) >= 11 is 0. The molecule has 0 aliphatic heterocycles. The number of para-hydroxylation sites is 2. The van der Waals surface area contributed by atoms with E-state index in [1.807, 2.05) is 0 Å². The lowest BCUT2D eigenvalue weighted by Crippen LogP contribution is -2.25. The van der Waals surface area contributed by atoms with Gasteiger partial charge in [-0.2, -0.15) is 5.10 Å². The number of rotatable bonds is 6. The van der Waals surface area contributed by atoms with Gasteiger partial charge in [0.1, 0.15) is 5.69 Å². The molecule has 2 N–H and O–H groups in total. The summed E-state index contributed by atoms with van der Waals surface area (Å²) in [5, 5.41) is 9.36. The number of hydrogen-bond acceptors (Lipinski definition) is 5. The highest BCUT2D eigenvalue weighted by Gasteiger charge is 2.21. The van der Waals surface area contributed by atoms with Crippen LogP contribution in [0, 0.1) is 6.92 Å². The van der Waals surface area contributed by atoms with Crippen molar-refractivity contribution in [3.05, 3.63) is 35.7 Å². The third kappa shape index (κ3) is 3.65. The summed E-state index contributed by atoms with van der Waals surface area (Å²) in [4.78, 5) is 24.1. The second-order valence-electron chi connectivity index (χ2n) is 5.00. The summed E-state index contributed by atoms with van der Waals surface area (Å²) in [7, 11) is 4.68. The molecule has 128 valence electrons. The van der Waals surface area contributed by atoms with E-state index >= 15 is 0 Å². The zero-order valence-electron chi connectivity index (χ0n) is 14.0. The maximum Gasteiger partial charge on any atom is 0.271 e. The lowest BCUT2D eigenvalue weighted by molar-refractivity contribution is -0.118. The zero-order valence-corrected chi connectivity index (χ0v) is 14.0. The SMILES string of the molecule is CNC(=O)c1c(NC(=O)COc2ccccc2OC)c(C)nn1C. The minimum absolute atomic E-state index is 0.220. The highest BCUT2D eigenvalue weighted by atomic mass is 16.5. The normalized spacial score (nSPS) is 10.2. The molecule has 0 unspecified atom stereocenters. The number of ether oxygens (including phenoxy) is 2. The van der Waals surface area contributed by atoms with Crippen molar-refractivity contribution < 1.29 is 19.1 Å². The number of nitrogens with zero attached hydrogens (tertiary/aromatic N) is 2. The zero-order chi connectivity index (χ0) is 17.7. The first kappa shape index (κ1) is 17.3. The predicted molar refractivity (Wildman–Crippen MR) is 88.5 cm³/mol. The molecule has 0 saturated carbocycles. The smallest absolute Gasteiger partial charge is 0.271 e. The Labute approximate surface area is 139 Å². The molecule has 0 saturated heterocycles. The molecule has 8 nitrogen and oxygen atoms in total. The molecular weight excluding hydrogens is 312 g/mol. The van der Waals surface area contributed by atoms with Gasteiger partial charge in [0.15, 0.2) is 18.1 Å². The molecular formula is C16H20N4O4. The van der Waals surface area contributed by atoms with Gasteiger partial charge in [0, 0.05) is 14.1 Å². The van der Waals surface area contributed by atoms with Crippen molar-refractivity contribution in [3.8, 4) is 11.5 Å². The van der Waals surface area contributed by atoms with E-state index in [0.29, 0.717) is 22.9 Å². The number of anilines is 1. The number of aromatic nitrogens is 2. The van der Waals surface area contributed by atoms with Crippen LogP contribution < -0.4 is 20.1 Å². The predicted octanol–water partition coefficient (Wildman–Crippen LogP) is 1.11. The van der Waals surface area contributed by atoms with Crippen molar-refractivity contribution in [2.75, 3.05) is 26.1 Å². The molecule has 24 heavy (non-hydrogen) atoms. The van der Waals surface area contributed by atoms with E-state index in [4.69, 9.17) is 9.47 Å². The quantitative estimate of drug-likeness (QED) is 0.826. The molecule has 8 heteroatoms. The largest absolute Gasteiger partial charge is 0.493 e. The number of benzene rings is 1. The molecule has 1 aromatic carbocycles. The van der Waals surface area contributed by atoms with Crippen molar-refractivity contribution in [1.29, 1.82) is 0 Å². The molecule has 0 aliphatic rings. The van der Waals surface area contributed by atoms with Gasteiger partial charge in [-0.3, -0.25) is 14.3 Å². The molecule has 0 spiro atoms.